The van der Waals surface area contributed by atoms with E-state index in [2.05, 4.69) is 14.4 Å². The Balaban J connectivity index is 1.96. The van der Waals surface area contributed by atoms with Gasteiger partial charge in [0.2, 0.25) is 10.0 Å². The fourth-order valence-corrected chi connectivity index (χ4v) is 2.57. The van der Waals surface area contributed by atoms with Crippen LogP contribution in [0.15, 0.2) is 46.0 Å². The van der Waals surface area contributed by atoms with Gasteiger partial charge in [-0.2, -0.15) is 0 Å². The first-order chi connectivity index (χ1) is 10.1. The van der Waals surface area contributed by atoms with Gasteiger partial charge in [-0.05, 0) is 37.2 Å². The first-order valence-electron chi connectivity index (χ1n) is 6.43. The second kappa shape index (κ2) is 7.21. The molecule has 8 heteroatoms. The zero-order valence-corrected chi connectivity index (χ0v) is 12.2. The number of sulfonamides is 1. The Bertz CT molecular complexity index is 639. The lowest BCUT2D eigenvalue weighted by Gasteiger charge is -2.08. The van der Waals surface area contributed by atoms with Gasteiger partial charge in [-0.25, -0.2) is 13.1 Å². The SMILES string of the molecule is NCCCOc1ccc(S(=O)(=O)NCc2ccon2)cc1. The number of aromatic nitrogens is 1. The Hall–Kier alpha value is -1.90. The molecule has 0 aliphatic carbocycles. The Morgan fingerprint density at radius 2 is 2.00 bits per heavy atom. The van der Waals surface area contributed by atoms with E-state index in [1.54, 1.807) is 18.2 Å². The Morgan fingerprint density at radius 3 is 2.62 bits per heavy atom. The smallest absolute Gasteiger partial charge is 0.240 e. The van der Waals surface area contributed by atoms with Crippen molar-refractivity contribution in [3.63, 3.8) is 0 Å². The molecule has 0 fully saturated rings. The summed E-state index contributed by atoms with van der Waals surface area (Å²) in [7, 11) is -3.59. The van der Waals surface area contributed by atoms with Gasteiger partial charge in [0, 0.05) is 6.07 Å². The van der Waals surface area contributed by atoms with Gasteiger partial charge in [0.15, 0.2) is 0 Å². The van der Waals surface area contributed by atoms with Crippen molar-refractivity contribution in [2.45, 2.75) is 17.9 Å². The molecule has 1 aromatic heterocycles. The van der Waals surface area contributed by atoms with Crippen molar-refractivity contribution in [2.75, 3.05) is 13.2 Å². The molecule has 3 N–H and O–H groups in total. The van der Waals surface area contributed by atoms with Crippen LogP contribution < -0.4 is 15.2 Å². The van der Waals surface area contributed by atoms with Crippen molar-refractivity contribution in [1.29, 1.82) is 0 Å². The zero-order valence-electron chi connectivity index (χ0n) is 11.4. The van der Waals surface area contributed by atoms with Crippen LogP contribution in [0.1, 0.15) is 12.1 Å². The van der Waals surface area contributed by atoms with E-state index in [1.165, 1.54) is 18.4 Å². The second-order valence-corrected chi connectivity index (χ2v) is 6.04. The topological polar surface area (TPSA) is 107 Å². The highest BCUT2D eigenvalue weighted by Crippen LogP contribution is 2.16. The maximum Gasteiger partial charge on any atom is 0.240 e. The van der Waals surface area contributed by atoms with E-state index in [0.717, 1.165) is 6.42 Å². The highest BCUT2D eigenvalue weighted by molar-refractivity contribution is 7.89. The molecular formula is C13H17N3O4S. The number of rotatable bonds is 8. The van der Waals surface area contributed by atoms with Crippen molar-refractivity contribution >= 4 is 10.0 Å². The van der Waals surface area contributed by atoms with Gasteiger partial charge in [0.1, 0.15) is 12.0 Å². The highest BCUT2D eigenvalue weighted by atomic mass is 32.2. The molecule has 2 aromatic rings. The molecule has 1 aromatic carbocycles. The summed E-state index contributed by atoms with van der Waals surface area (Å²) >= 11 is 0. The highest BCUT2D eigenvalue weighted by Gasteiger charge is 2.14. The van der Waals surface area contributed by atoms with Crippen LogP contribution in [0, 0.1) is 0 Å². The quantitative estimate of drug-likeness (QED) is 0.701. The molecule has 0 bridgehead atoms. The molecule has 0 amide bonds. The first-order valence-corrected chi connectivity index (χ1v) is 7.92. The summed E-state index contributed by atoms with van der Waals surface area (Å²) in [6, 6.07) is 7.80. The van der Waals surface area contributed by atoms with Crippen LogP contribution >= 0.6 is 0 Å². The van der Waals surface area contributed by atoms with Gasteiger partial charge in [-0.3, -0.25) is 0 Å². The largest absolute Gasteiger partial charge is 0.494 e. The van der Waals surface area contributed by atoms with Crippen molar-refractivity contribution in [1.82, 2.24) is 9.88 Å². The minimum Gasteiger partial charge on any atom is -0.494 e. The average Bonchev–Trinajstić information content (AvgIpc) is 3.00. The molecule has 0 saturated carbocycles. The van der Waals surface area contributed by atoms with Crippen LogP contribution in [0.25, 0.3) is 0 Å². The lowest BCUT2D eigenvalue weighted by molar-refractivity contribution is 0.313. The number of nitrogens with one attached hydrogen (secondary N) is 1. The molecule has 114 valence electrons. The van der Waals surface area contributed by atoms with E-state index in [-0.39, 0.29) is 11.4 Å². The van der Waals surface area contributed by atoms with E-state index in [1.807, 2.05) is 0 Å². The van der Waals surface area contributed by atoms with Gasteiger partial charge >= 0.3 is 0 Å². The maximum atomic E-state index is 12.1. The van der Waals surface area contributed by atoms with Crippen molar-refractivity contribution < 1.29 is 17.7 Å². The van der Waals surface area contributed by atoms with E-state index in [9.17, 15) is 8.42 Å². The summed E-state index contributed by atoms with van der Waals surface area (Å²) < 4.78 is 36.6. The second-order valence-electron chi connectivity index (χ2n) is 4.28. The minimum atomic E-state index is -3.59. The molecule has 0 radical (unpaired) electrons. The van der Waals surface area contributed by atoms with Crippen molar-refractivity contribution in [3.8, 4) is 5.75 Å². The molecule has 0 aliphatic heterocycles. The van der Waals surface area contributed by atoms with Gasteiger partial charge < -0.3 is 15.0 Å². The van der Waals surface area contributed by atoms with Gasteiger partial charge in [-0.1, -0.05) is 5.16 Å². The van der Waals surface area contributed by atoms with Gasteiger partial charge in [0.25, 0.3) is 0 Å². The fourth-order valence-electron chi connectivity index (χ4n) is 1.57. The normalized spacial score (nSPS) is 11.5. The van der Waals surface area contributed by atoms with Crippen molar-refractivity contribution in [2.24, 2.45) is 5.73 Å². The zero-order chi connectivity index (χ0) is 15.1. The van der Waals surface area contributed by atoms with Crippen molar-refractivity contribution in [3.05, 3.63) is 42.3 Å². The standard InChI is InChI=1S/C13H17N3O4S/c14-7-1-8-19-12-2-4-13(5-3-12)21(17,18)15-10-11-6-9-20-16-11/h2-6,9,15H,1,7-8,10,14H2. The maximum absolute atomic E-state index is 12.1. The first kappa shape index (κ1) is 15.5. The van der Waals surface area contributed by atoms with E-state index < -0.39 is 10.0 Å². The molecule has 0 spiro atoms. The van der Waals surface area contributed by atoms with E-state index >= 15 is 0 Å². The third-order valence-corrected chi connectivity index (χ3v) is 4.10. The van der Waals surface area contributed by atoms with Crippen LogP contribution in [0.4, 0.5) is 0 Å². The third-order valence-electron chi connectivity index (χ3n) is 2.69. The Kier molecular flexibility index (Phi) is 5.32. The van der Waals surface area contributed by atoms with Crippen LogP contribution in [0.5, 0.6) is 5.75 Å². The number of ether oxygens (including phenoxy) is 1. The van der Waals surface area contributed by atoms with Gasteiger partial charge in [0.05, 0.1) is 23.7 Å². The number of nitrogens with zero attached hydrogens (tertiary/aromatic N) is 1. The van der Waals surface area contributed by atoms with Crippen LogP contribution in [0.3, 0.4) is 0 Å². The molecule has 0 aliphatic rings. The Morgan fingerprint density at radius 1 is 1.24 bits per heavy atom. The number of benzene rings is 1. The summed E-state index contributed by atoms with van der Waals surface area (Å²) in [6.07, 6.45) is 2.14. The summed E-state index contributed by atoms with van der Waals surface area (Å²) in [5.74, 6) is 0.610. The molecule has 0 saturated heterocycles. The van der Waals surface area contributed by atoms with Crippen LogP contribution in [-0.2, 0) is 16.6 Å². The molecule has 0 atom stereocenters. The van der Waals surface area contributed by atoms with Crippen LogP contribution in [0.2, 0.25) is 0 Å². The molecule has 7 nitrogen and oxygen atoms in total. The molecule has 0 unspecified atom stereocenters. The molecule has 21 heavy (non-hydrogen) atoms. The number of hydrogen-bond acceptors (Lipinski definition) is 6. The monoisotopic (exact) mass is 311 g/mol. The number of hydrogen-bond donors (Lipinski definition) is 2. The fraction of sp³-hybridized carbons (Fsp3) is 0.308. The van der Waals surface area contributed by atoms with E-state index in [4.69, 9.17) is 10.5 Å². The summed E-state index contributed by atoms with van der Waals surface area (Å²) in [5.41, 5.74) is 5.88. The minimum absolute atomic E-state index is 0.0770. The molecular weight excluding hydrogens is 294 g/mol. The molecule has 2 rings (SSSR count). The van der Waals surface area contributed by atoms with E-state index in [0.29, 0.717) is 24.6 Å². The number of nitrogens with two attached hydrogens (primary N) is 1. The summed E-state index contributed by atoms with van der Waals surface area (Å²) in [6.45, 7) is 1.14. The third kappa shape index (κ3) is 4.55. The Labute approximate surface area is 123 Å². The lowest BCUT2D eigenvalue weighted by atomic mass is 10.3. The van der Waals surface area contributed by atoms with Gasteiger partial charge in [-0.15, -0.1) is 0 Å². The lowest BCUT2D eigenvalue weighted by Crippen LogP contribution is -2.23. The molecule has 1 heterocycles. The predicted octanol–water partition coefficient (Wildman–Crippen LogP) is 0.881. The summed E-state index contributed by atoms with van der Waals surface area (Å²) in [5, 5.41) is 3.64. The predicted molar refractivity (Wildman–Crippen MR) is 76.1 cm³/mol. The average molecular weight is 311 g/mol. The van der Waals surface area contributed by atoms with Crippen LogP contribution in [-0.4, -0.2) is 26.7 Å². The summed E-state index contributed by atoms with van der Waals surface area (Å²) in [4.78, 5) is 0.164.